The van der Waals surface area contributed by atoms with Crippen molar-refractivity contribution in [3.05, 3.63) is 35.4 Å². The van der Waals surface area contributed by atoms with Gasteiger partial charge in [-0.3, -0.25) is 4.79 Å². The van der Waals surface area contributed by atoms with E-state index in [4.69, 9.17) is 0 Å². The van der Waals surface area contributed by atoms with Crippen LogP contribution in [0.15, 0.2) is 24.3 Å². The average molecular weight is 309 g/mol. The molecule has 0 radical (unpaired) electrons. The second-order valence-electron chi connectivity index (χ2n) is 6.13. The van der Waals surface area contributed by atoms with Crippen molar-refractivity contribution in [3.8, 4) is 0 Å². The van der Waals surface area contributed by atoms with E-state index in [2.05, 4.69) is 41.4 Å². The molecule has 21 heavy (non-hydrogen) atoms. The molecule has 1 aromatic carbocycles. The highest BCUT2D eigenvalue weighted by Gasteiger charge is 2.27. The van der Waals surface area contributed by atoms with Crippen molar-refractivity contribution < 1.29 is 4.79 Å². The molecule has 0 bridgehead atoms. The fourth-order valence-corrected chi connectivity index (χ4v) is 3.61. The topological polar surface area (TPSA) is 32.3 Å². The Morgan fingerprint density at radius 3 is 3.00 bits per heavy atom. The van der Waals surface area contributed by atoms with Crippen LogP contribution in [0.2, 0.25) is 0 Å². The molecule has 1 N–H and O–H groups in total. The Balaban J connectivity index is 0.00000161. The number of fused-ring (bicyclic) bond motifs is 1. The van der Waals surface area contributed by atoms with E-state index in [1.807, 2.05) is 0 Å². The first-order valence-electron chi connectivity index (χ1n) is 7.83. The summed E-state index contributed by atoms with van der Waals surface area (Å²) >= 11 is 0. The number of carbonyl (C=O) groups excluding carboxylic acids is 1. The standard InChI is InChI=1S/C17H24N2O.ClH/c1-13-12-18-9-10-19(13)17(20)11-15-7-4-6-14-5-2-3-8-16(14)15;/h2-3,5,8,13,15,18H,4,6-7,9-12H2,1H3;1H. The Morgan fingerprint density at radius 2 is 2.19 bits per heavy atom. The van der Waals surface area contributed by atoms with Gasteiger partial charge in [0, 0.05) is 32.1 Å². The van der Waals surface area contributed by atoms with Gasteiger partial charge in [-0.25, -0.2) is 0 Å². The third-order valence-electron chi connectivity index (χ3n) is 4.74. The summed E-state index contributed by atoms with van der Waals surface area (Å²) in [7, 11) is 0. The van der Waals surface area contributed by atoms with Gasteiger partial charge < -0.3 is 10.2 Å². The Kier molecular flexibility index (Phi) is 5.65. The molecule has 0 aromatic heterocycles. The lowest BCUT2D eigenvalue weighted by Crippen LogP contribution is -2.52. The first-order valence-corrected chi connectivity index (χ1v) is 7.83. The summed E-state index contributed by atoms with van der Waals surface area (Å²) in [6, 6.07) is 8.99. The zero-order valence-electron chi connectivity index (χ0n) is 12.7. The molecule has 0 spiro atoms. The second-order valence-corrected chi connectivity index (χ2v) is 6.13. The average Bonchev–Trinajstić information content (AvgIpc) is 2.48. The summed E-state index contributed by atoms with van der Waals surface area (Å²) in [6.07, 6.45) is 4.22. The van der Waals surface area contributed by atoms with E-state index in [1.54, 1.807) is 0 Å². The Labute approximate surface area is 133 Å². The number of amides is 1. The van der Waals surface area contributed by atoms with Gasteiger partial charge in [-0.15, -0.1) is 12.4 Å². The lowest BCUT2D eigenvalue weighted by Gasteiger charge is -2.35. The second kappa shape index (κ2) is 7.28. The van der Waals surface area contributed by atoms with E-state index in [0.717, 1.165) is 26.1 Å². The fourth-order valence-electron chi connectivity index (χ4n) is 3.61. The zero-order valence-corrected chi connectivity index (χ0v) is 13.5. The van der Waals surface area contributed by atoms with E-state index in [1.165, 1.54) is 24.0 Å². The number of carbonyl (C=O) groups is 1. The number of benzene rings is 1. The molecular weight excluding hydrogens is 284 g/mol. The summed E-state index contributed by atoms with van der Waals surface area (Å²) in [5.74, 6) is 0.759. The lowest BCUT2D eigenvalue weighted by molar-refractivity contribution is -0.134. The highest BCUT2D eigenvalue weighted by Crippen LogP contribution is 2.34. The van der Waals surface area contributed by atoms with E-state index in [9.17, 15) is 4.79 Å². The number of rotatable bonds is 2. The molecule has 1 aliphatic heterocycles. The van der Waals surface area contributed by atoms with Crippen LogP contribution in [-0.2, 0) is 11.2 Å². The molecule has 4 heteroatoms. The monoisotopic (exact) mass is 308 g/mol. The number of piperazine rings is 1. The van der Waals surface area contributed by atoms with Crippen molar-refractivity contribution in [2.45, 2.75) is 44.6 Å². The molecule has 1 aliphatic carbocycles. The van der Waals surface area contributed by atoms with Crippen molar-refractivity contribution in [1.82, 2.24) is 10.2 Å². The molecule has 1 heterocycles. The minimum Gasteiger partial charge on any atom is -0.337 e. The van der Waals surface area contributed by atoms with E-state index in [-0.39, 0.29) is 12.4 Å². The molecule has 1 saturated heterocycles. The maximum atomic E-state index is 12.6. The van der Waals surface area contributed by atoms with Gasteiger partial charge in [0.15, 0.2) is 0 Å². The van der Waals surface area contributed by atoms with E-state index < -0.39 is 0 Å². The van der Waals surface area contributed by atoms with Crippen LogP contribution in [0.25, 0.3) is 0 Å². The van der Waals surface area contributed by atoms with Crippen LogP contribution in [0, 0.1) is 0 Å². The minimum atomic E-state index is 0. The Morgan fingerprint density at radius 1 is 1.38 bits per heavy atom. The van der Waals surface area contributed by atoms with Crippen LogP contribution < -0.4 is 5.32 Å². The summed E-state index contributed by atoms with van der Waals surface area (Å²) < 4.78 is 0. The molecule has 1 amide bonds. The van der Waals surface area contributed by atoms with Crippen LogP contribution in [0.1, 0.15) is 43.2 Å². The number of nitrogens with zero attached hydrogens (tertiary/aromatic N) is 1. The first-order chi connectivity index (χ1) is 9.75. The van der Waals surface area contributed by atoms with Crippen molar-refractivity contribution in [2.24, 2.45) is 0 Å². The highest BCUT2D eigenvalue weighted by atomic mass is 35.5. The minimum absolute atomic E-state index is 0. The fraction of sp³-hybridized carbons (Fsp3) is 0.588. The summed E-state index contributed by atoms with van der Waals surface area (Å²) in [5.41, 5.74) is 2.86. The molecule has 1 fully saturated rings. The van der Waals surface area contributed by atoms with Gasteiger partial charge in [-0.1, -0.05) is 24.3 Å². The number of hydrogen-bond acceptors (Lipinski definition) is 2. The van der Waals surface area contributed by atoms with Gasteiger partial charge in [0.05, 0.1) is 0 Å². The molecule has 116 valence electrons. The molecule has 1 aromatic rings. The summed E-state index contributed by atoms with van der Waals surface area (Å²) in [6.45, 7) is 4.84. The van der Waals surface area contributed by atoms with Crippen LogP contribution in [-0.4, -0.2) is 36.5 Å². The third-order valence-corrected chi connectivity index (χ3v) is 4.74. The van der Waals surface area contributed by atoms with Gasteiger partial charge in [0.25, 0.3) is 0 Å². The van der Waals surface area contributed by atoms with Crippen molar-refractivity contribution in [2.75, 3.05) is 19.6 Å². The van der Waals surface area contributed by atoms with Gasteiger partial charge in [0.1, 0.15) is 0 Å². The van der Waals surface area contributed by atoms with Crippen molar-refractivity contribution in [3.63, 3.8) is 0 Å². The lowest BCUT2D eigenvalue weighted by atomic mass is 9.81. The van der Waals surface area contributed by atoms with Gasteiger partial charge >= 0.3 is 0 Å². The molecule has 2 atom stereocenters. The van der Waals surface area contributed by atoms with Crippen molar-refractivity contribution in [1.29, 1.82) is 0 Å². The molecule has 2 aliphatic rings. The normalized spacial score (nSPS) is 24.9. The number of nitrogens with one attached hydrogen (secondary N) is 1. The van der Waals surface area contributed by atoms with Gasteiger partial charge in [-0.05, 0) is 43.2 Å². The largest absolute Gasteiger partial charge is 0.337 e. The van der Waals surface area contributed by atoms with Crippen LogP contribution in [0.3, 0.4) is 0 Å². The maximum Gasteiger partial charge on any atom is 0.223 e. The smallest absolute Gasteiger partial charge is 0.223 e. The Hall–Kier alpha value is -1.06. The Bertz CT molecular complexity index is 491. The molecule has 0 saturated carbocycles. The van der Waals surface area contributed by atoms with E-state index in [0.29, 0.717) is 24.3 Å². The number of hydrogen-bond donors (Lipinski definition) is 1. The molecule has 3 nitrogen and oxygen atoms in total. The molecule has 3 rings (SSSR count). The van der Waals surface area contributed by atoms with Crippen LogP contribution in [0.5, 0.6) is 0 Å². The predicted molar refractivity (Wildman–Crippen MR) is 88.0 cm³/mol. The van der Waals surface area contributed by atoms with Gasteiger partial charge in [-0.2, -0.15) is 0 Å². The first kappa shape index (κ1) is 16.3. The zero-order chi connectivity index (χ0) is 13.9. The number of aryl methyl sites for hydroxylation is 1. The summed E-state index contributed by atoms with van der Waals surface area (Å²) in [5, 5.41) is 3.34. The third kappa shape index (κ3) is 3.58. The predicted octanol–water partition coefficient (Wildman–Crippen LogP) is 2.74. The maximum absolute atomic E-state index is 12.6. The highest BCUT2D eigenvalue weighted by molar-refractivity contribution is 5.85. The van der Waals surface area contributed by atoms with Crippen LogP contribution in [0.4, 0.5) is 0 Å². The quantitative estimate of drug-likeness (QED) is 0.911. The van der Waals surface area contributed by atoms with E-state index >= 15 is 0 Å². The van der Waals surface area contributed by atoms with Crippen LogP contribution >= 0.6 is 12.4 Å². The number of halogens is 1. The van der Waals surface area contributed by atoms with Crippen molar-refractivity contribution >= 4 is 18.3 Å². The SMILES string of the molecule is CC1CNCCN1C(=O)CC1CCCc2ccccc21.Cl. The molecule has 2 unspecified atom stereocenters. The summed E-state index contributed by atoms with van der Waals surface area (Å²) in [4.78, 5) is 14.6. The van der Waals surface area contributed by atoms with Gasteiger partial charge in [0.2, 0.25) is 5.91 Å². The molecular formula is C17H25ClN2O.